The molecule has 2 atom stereocenters. The minimum Gasteiger partial charge on any atom is -0.484 e. The monoisotopic (exact) mass is 380 g/mol. The second-order valence-corrected chi connectivity index (χ2v) is 7.57. The lowest BCUT2D eigenvalue weighted by Crippen LogP contribution is -2.49. The second kappa shape index (κ2) is 8.91. The lowest BCUT2D eigenvalue weighted by Gasteiger charge is -2.38. The van der Waals surface area contributed by atoms with Crippen LogP contribution in [0, 0.1) is 6.92 Å². The van der Waals surface area contributed by atoms with Gasteiger partial charge in [-0.25, -0.2) is 0 Å². The van der Waals surface area contributed by atoms with Gasteiger partial charge in [0.25, 0.3) is 11.8 Å². The molecule has 2 aromatic rings. The highest BCUT2D eigenvalue weighted by Gasteiger charge is 2.28. The molecule has 1 aliphatic rings. The number of piperidine rings is 1. The van der Waals surface area contributed by atoms with E-state index in [0.717, 1.165) is 24.1 Å². The zero-order valence-electron chi connectivity index (χ0n) is 16.8. The molecule has 5 heteroatoms. The molecule has 1 saturated heterocycles. The van der Waals surface area contributed by atoms with E-state index >= 15 is 0 Å². The summed E-state index contributed by atoms with van der Waals surface area (Å²) in [4.78, 5) is 26.8. The number of hydrogen-bond donors (Lipinski definition) is 1. The van der Waals surface area contributed by atoms with Gasteiger partial charge in [-0.15, -0.1) is 0 Å². The van der Waals surface area contributed by atoms with E-state index in [0.29, 0.717) is 11.3 Å². The van der Waals surface area contributed by atoms with E-state index < -0.39 is 0 Å². The molecule has 1 N–H and O–H groups in total. The van der Waals surface area contributed by atoms with Crippen LogP contribution in [0.5, 0.6) is 5.75 Å². The SMILES string of the molecule is Cc1cccc(NC(=O)c2ccc(OCC(=O)N3C(C)CCCC3C)cc2)c1. The van der Waals surface area contributed by atoms with Crippen molar-refractivity contribution >= 4 is 17.5 Å². The van der Waals surface area contributed by atoms with E-state index in [4.69, 9.17) is 4.74 Å². The number of nitrogens with one attached hydrogen (secondary N) is 1. The predicted octanol–water partition coefficient (Wildman–Crippen LogP) is 4.42. The third-order valence-corrected chi connectivity index (χ3v) is 5.24. The smallest absolute Gasteiger partial charge is 0.260 e. The van der Waals surface area contributed by atoms with E-state index in [1.807, 2.05) is 36.1 Å². The molecule has 0 saturated carbocycles. The Morgan fingerprint density at radius 2 is 1.75 bits per heavy atom. The van der Waals surface area contributed by atoms with E-state index in [9.17, 15) is 9.59 Å². The fourth-order valence-corrected chi connectivity index (χ4v) is 3.76. The zero-order valence-corrected chi connectivity index (χ0v) is 16.8. The topological polar surface area (TPSA) is 58.6 Å². The van der Waals surface area contributed by atoms with Crippen molar-refractivity contribution in [1.82, 2.24) is 4.90 Å². The van der Waals surface area contributed by atoms with Crippen LogP contribution in [0.2, 0.25) is 0 Å². The van der Waals surface area contributed by atoms with Crippen LogP contribution in [-0.2, 0) is 4.79 Å². The maximum atomic E-state index is 12.5. The number of carbonyl (C=O) groups is 2. The van der Waals surface area contributed by atoms with Crippen LogP contribution >= 0.6 is 0 Å². The highest BCUT2D eigenvalue weighted by molar-refractivity contribution is 6.04. The normalized spacial score (nSPS) is 19.2. The summed E-state index contributed by atoms with van der Waals surface area (Å²) in [6, 6.07) is 15.0. The molecule has 0 bridgehead atoms. The number of rotatable bonds is 5. The molecule has 1 fully saturated rings. The van der Waals surface area contributed by atoms with Gasteiger partial charge in [0.1, 0.15) is 5.75 Å². The number of benzene rings is 2. The van der Waals surface area contributed by atoms with Gasteiger partial charge in [-0.05, 0) is 82.0 Å². The number of ether oxygens (including phenoxy) is 1. The lowest BCUT2D eigenvalue weighted by molar-refractivity contribution is -0.139. The van der Waals surface area contributed by atoms with Gasteiger partial charge in [-0.3, -0.25) is 9.59 Å². The Kier molecular flexibility index (Phi) is 6.34. The molecule has 148 valence electrons. The van der Waals surface area contributed by atoms with Crippen molar-refractivity contribution in [2.45, 2.75) is 52.1 Å². The summed E-state index contributed by atoms with van der Waals surface area (Å²) < 4.78 is 5.66. The summed E-state index contributed by atoms with van der Waals surface area (Å²) in [7, 11) is 0. The molecule has 5 nitrogen and oxygen atoms in total. The Balaban J connectivity index is 1.55. The van der Waals surface area contributed by atoms with Crippen molar-refractivity contribution in [1.29, 1.82) is 0 Å². The Morgan fingerprint density at radius 3 is 2.39 bits per heavy atom. The van der Waals surface area contributed by atoms with Gasteiger partial charge in [0.05, 0.1) is 0 Å². The number of amides is 2. The summed E-state index contributed by atoms with van der Waals surface area (Å²) in [5.74, 6) is 0.419. The largest absolute Gasteiger partial charge is 0.484 e. The van der Waals surface area contributed by atoms with Crippen LogP contribution < -0.4 is 10.1 Å². The van der Waals surface area contributed by atoms with Crippen molar-refractivity contribution in [3.05, 3.63) is 59.7 Å². The van der Waals surface area contributed by atoms with E-state index in [-0.39, 0.29) is 30.5 Å². The van der Waals surface area contributed by atoms with Crippen LogP contribution in [-0.4, -0.2) is 35.4 Å². The van der Waals surface area contributed by atoms with Gasteiger partial charge in [0, 0.05) is 23.3 Å². The third kappa shape index (κ3) is 4.91. The van der Waals surface area contributed by atoms with Gasteiger partial charge in [0.15, 0.2) is 6.61 Å². The molecule has 0 aromatic heterocycles. The minimum atomic E-state index is -0.177. The van der Waals surface area contributed by atoms with E-state index in [2.05, 4.69) is 19.2 Å². The lowest BCUT2D eigenvalue weighted by atomic mass is 9.97. The summed E-state index contributed by atoms with van der Waals surface area (Å²) in [6.45, 7) is 6.18. The zero-order chi connectivity index (χ0) is 20.1. The standard InChI is InChI=1S/C23H28N2O3/c1-16-6-4-9-20(14-16)24-23(27)19-10-12-21(13-11-19)28-15-22(26)25-17(2)7-5-8-18(25)3/h4,6,9-14,17-18H,5,7-8,15H2,1-3H3,(H,24,27). The minimum absolute atomic E-state index is 0.0148. The van der Waals surface area contributed by atoms with Crippen LogP contribution in [0.15, 0.2) is 48.5 Å². The first-order valence-corrected chi connectivity index (χ1v) is 9.86. The third-order valence-electron chi connectivity index (χ3n) is 5.24. The number of nitrogens with zero attached hydrogens (tertiary/aromatic N) is 1. The van der Waals surface area contributed by atoms with Gasteiger partial charge in [0.2, 0.25) is 0 Å². The van der Waals surface area contributed by atoms with Crippen LogP contribution in [0.1, 0.15) is 49.0 Å². The van der Waals surface area contributed by atoms with Crippen molar-refractivity contribution in [3.63, 3.8) is 0 Å². The maximum Gasteiger partial charge on any atom is 0.260 e. The van der Waals surface area contributed by atoms with Crippen LogP contribution in [0.25, 0.3) is 0 Å². The molecule has 1 aliphatic heterocycles. The fourth-order valence-electron chi connectivity index (χ4n) is 3.76. The van der Waals surface area contributed by atoms with E-state index in [1.165, 1.54) is 6.42 Å². The van der Waals surface area contributed by atoms with Gasteiger partial charge in [-0.1, -0.05) is 12.1 Å². The number of anilines is 1. The quantitative estimate of drug-likeness (QED) is 0.836. The fraction of sp³-hybridized carbons (Fsp3) is 0.391. The molecule has 1 heterocycles. The van der Waals surface area contributed by atoms with Crippen molar-refractivity contribution in [3.8, 4) is 5.75 Å². The molecular weight excluding hydrogens is 352 g/mol. The number of hydrogen-bond acceptors (Lipinski definition) is 3. The Labute approximate surface area is 166 Å². The first-order valence-electron chi connectivity index (χ1n) is 9.86. The second-order valence-electron chi connectivity index (χ2n) is 7.57. The molecule has 3 rings (SSSR count). The average molecular weight is 380 g/mol. The van der Waals surface area contributed by atoms with Crippen molar-refractivity contribution in [2.24, 2.45) is 0 Å². The Bertz CT molecular complexity index is 822. The van der Waals surface area contributed by atoms with Gasteiger partial charge < -0.3 is 15.0 Å². The van der Waals surface area contributed by atoms with Gasteiger partial charge in [-0.2, -0.15) is 0 Å². The highest BCUT2D eigenvalue weighted by atomic mass is 16.5. The Hall–Kier alpha value is -2.82. The molecule has 2 amide bonds. The molecule has 0 radical (unpaired) electrons. The summed E-state index contributed by atoms with van der Waals surface area (Å²) in [5, 5.41) is 2.88. The predicted molar refractivity (Wildman–Crippen MR) is 111 cm³/mol. The highest BCUT2D eigenvalue weighted by Crippen LogP contribution is 2.23. The maximum absolute atomic E-state index is 12.5. The number of likely N-dealkylation sites (tertiary alicyclic amines) is 1. The van der Waals surface area contributed by atoms with E-state index in [1.54, 1.807) is 24.3 Å². The Morgan fingerprint density at radius 1 is 1.07 bits per heavy atom. The van der Waals surface area contributed by atoms with Crippen LogP contribution in [0.4, 0.5) is 5.69 Å². The first kappa shape index (κ1) is 19.9. The van der Waals surface area contributed by atoms with Gasteiger partial charge >= 0.3 is 0 Å². The molecular formula is C23H28N2O3. The average Bonchev–Trinajstić information content (AvgIpc) is 2.66. The number of aryl methyl sites for hydroxylation is 1. The van der Waals surface area contributed by atoms with Crippen molar-refractivity contribution < 1.29 is 14.3 Å². The molecule has 0 spiro atoms. The summed E-state index contributed by atoms with van der Waals surface area (Å²) in [5.41, 5.74) is 2.39. The molecule has 28 heavy (non-hydrogen) atoms. The molecule has 2 aromatic carbocycles. The summed E-state index contributed by atoms with van der Waals surface area (Å²) >= 11 is 0. The molecule has 2 unspecified atom stereocenters. The molecule has 0 aliphatic carbocycles. The van der Waals surface area contributed by atoms with Crippen molar-refractivity contribution in [2.75, 3.05) is 11.9 Å². The van der Waals surface area contributed by atoms with Crippen LogP contribution in [0.3, 0.4) is 0 Å². The number of carbonyl (C=O) groups excluding carboxylic acids is 2. The first-order chi connectivity index (χ1) is 13.4. The summed E-state index contributed by atoms with van der Waals surface area (Å²) in [6.07, 6.45) is 3.25.